The van der Waals surface area contributed by atoms with Crippen molar-refractivity contribution in [1.82, 2.24) is 0 Å². The van der Waals surface area contributed by atoms with Crippen LogP contribution in [-0.2, 0) is 6.42 Å². The van der Waals surface area contributed by atoms with E-state index in [9.17, 15) is 0 Å². The zero-order valence-electron chi connectivity index (χ0n) is 23.1. The molecule has 1 saturated carbocycles. The van der Waals surface area contributed by atoms with Crippen LogP contribution in [0.15, 0.2) is 54.6 Å². The van der Waals surface area contributed by atoms with Gasteiger partial charge in [0.2, 0.25) is 0 Å². The van der Waals surface area contributed by atoms with Gasteiger partial charge in [-0.15, -0.1) is 0 Å². The second kappa shape index (κ2) is 14.4. The first kappa shape index (κ1) is 27.4. The summed E-state index contributed by atoms with van der Waals surface area (Å²) in [5, 5.41) is 1.68. The highest BCUT2D eigenvalue weighted by Crippen LogP contribution is 2.40. The number of aryl methyl sites for hydroxylation is 1. The topological polar surface area (TPSA) is 0 Å². The van der Waals surface area contributed by atoms with Gasteiger partial charge < -0.3 is 0 Å². The zero-order valence-corrected chi connectivity index (χ0v) is 23.1. The molecule has 37 heavy (non-hydrogen) atoms. The fourth-order valence-corrected chi connectivity index (χ4v) is 5.98. The Bertz CT molecular complexity index is 1170. The molecule has 0 atom stereocenters. The van der Waals surface area contributed by atoms with Crippen molar-refractivity contribution < 1.29 is 4.39 Å². The Morgan fingerprint density at radius 3 is 2.11 bits per heavy atom. The third-order valence-corrected chi connectivity index (χ3v) is 8.36. The quantitative estimate of drug-likeness (QED) is 0.183. The molecular weight excluding hydrogens is 451 g/mol. The highest BCUT2D eigenvalue weighted by molar-refractivity contribution is 5.85. The number of benzene rings is 3. The van der Waals surface area contributed by atoms with Crippen LogP contribution in [0.2, 0.25) is 0 Å². The molecular formula is C36H45F. The van der Waals surface area contributed by atoms with Gasteiger partial charge in [-0.1, -0.05) is 107 Å². The predicted octanol–water partition coefficient (Wildman–Crippen LogP) is 10.7. The van der Waals surface area contributed by atoms with E-state index in [-0.39, 0.29) is 5.82 Å². The number of rotatable bonds is 11. The maximum atomic E-state index is 15.6. The molecule has 1 fully saturated rings. The van der Waals surface area contributed by atoms with E-state index in [0.717, 1.165) is 52.6 Å². The maximum Gasteiger partial charge on any atom is 0.134 e. The van der Waals surface area contributed by atoms with Crippen LogP contribution in [0.5, 0.6) is 0 Å². The monoisotopic (exact) mass is 496 g/mol. The molecule has 3 aromatic carbocycles. The van der Waals surface area contributed by atoms with Gasteiger partial charge in [-0.2, -0.15) is 0 Å². The lowest BCUT2D eigenvalue weighted by molar-refractivity contribution is 0.299. The molecule has 0 nitrogen and oxygen atoms in total. The first-order valence-electron chi connectivity index (χ1n) is 15.0. The maximum absolute atomic E-state index is 15.6. The average Bonchev–Trinajstić information content (AvgIpc) is 2.94. The van der Waals surface area contributed by atoms with E-state index < -0.39 is 0 Å². The number of hydrogen-bond donors (Lipinski definition) is 0. The molecule has 0 radical (unpaired) electrons. The predicted molar refractivity (Wildman–Crippen MR) is 158 cm³/mol. The summed E-state index contributed by atoms with van der Waals surface area (Å²) in [5.74, 6) is 7.77. The fourth-order valence-electron chi connectivity index (χ4n) is 5.98. The third kappa shape index (κ3) is 7.95. The van der Waals surface area contributed by atoms with Crippen molar-refractivity contribution in [2.24, 2.45) is 5.92 Å². The summed E-state index contributed by atoms with van der Waals surface area (Å²) in [4.78, 5) is 0. The van der Waals surface area contributed by atoms with E-state index in [4.69, 9.17) is 0 Å². The summed E-state index contributed by atoms with van der Waals surface area (Å²) in [7, 11) is 0. The molecule has 196 valence electrons. The minimum atomic E-state index is -0.0158. The molecule has 0 saturated heterocycles. The molecule has 1 heteroatoms. The fraction of sp³-hybridized carbons (Fsp3) is 0.500. The van der Waals surface area contributed by atoms with Crippen molar-refractivity contribution in [3.05, 3.63) is 82.7 Å². The Kier molecular flexibility index (Phi) is 10.7. The molecule has 0 heterocycles. The van der Waals surface area contributed by atoms with E-state index >= 15 is 4.39 Å². The summed E-state index contributed by atoms with van der Waals surface area (Å²) in [5.41, 5.74) is 4.27. The molecule has 1 aliphatic rings. The standard InChI is InChI=1S/C36H45F/c1-3-5-7-9-11-28-13-15-30(16-14-28)17-18-31-21-25-35-33(27-31)24-26-34(36(35)37)32-22-19-29(20-23-32)12-10-8-6-4-2/h13-16,21,24-27,29,32H,3-12,19-20,22-23H2,1-2H3. The number of halogens is 1. The van der Waals surface area contributed by atoms with Gasteiger partial charge >= 0.3 is 0 Å². The first-order chi connectivity index (χ1) is 18.2. The summed E-state index contributed by atoms with van der Waals surface area (Å²) >= 11 is 0. The van der Waals surface area contributed by atoms with Gasteiger partial charge in [0.05, 0.1) is 0 Å². The van der Waals surface area contributed by atoms with Crippen molar-refractivity contribution in [3.63, 3.8) is 0 Å². The molecule has 0 unspecified atom stereocenters. The smallest absolute Gasteiger partial charge is 0.134 e. The van der Waals surface area contributed by atoms with Crippen LogP contribution < -0.4 is 0 Å². The van der Waals surface area contributed by atoms with Gasteiger partial charge in [-0.3, -0.25) is 0 Å². The van der Waals surface area contributed by atoms with Crippen molar-refractivity contribution >= 4 is 10.8 Å². The average molecular weight is 497 g/mol. The van der Waals surface area contributed by atoms with Crippen molar-refractivity contribution in [3.8, 4) is 11.8 Å². The summed E-state index contributed by atoms with van der Waals surface area (Å²) < 4.78 is 15.6. The van der Waals surface area contributed by atoms with Crippen LogP contribution in [0.1, 0.15) is 125 Å². The molecule has 4 rings (SSSR count). The molecule has 0 aromatic heterocycles. The Labute approximate surface area is 225 Å². The van der Waals surface area contributed by atoms with E-state index in [1.807, 2.05) is 24.3 Å². The van der Waals surface area contributed by atoms with Crippen LogP contribution in [0.4, 0.5) is 4.39 Å². The number of fused-ring (bicyclic) bond motifs is 1. The zero-order chi connectivity index (χ0) is 25.9. The summed E-state index contributed by atoms with van der Waals surface area (Å²) in [6.07, 6.45) is 17.8. The minimum absolute atomic E-state index is 0.0158. The molecule has 0 amide bonds. The van der Waals surface area contributed by atoms with E-state index in [1.165, 1.54) is 76.2 Å². The SMILES string of the molecule is CCCCCCc1ccc(C#Cc2ccc3c(F)c(C4CCC(CCCCCC)CC4)ccc3c2)cc1. The van der Waals surface area contributed by atoms with Gasteiger partial charge in [0.25, 0.3) is 0 Å². The second-order valence-corrected chi connectivity index (χ2v) is 11.2. The minimum Gasteiger partial charge on any atom is -0.206 e. The van der Waals surface area contributed by atoms with E-state index in [0.29, 0.717) is 5.92 Å². The molecule has 0 spiro atoms. The van der Waals surface area contributed by atoms with Crippen LogP contribution in [0.3, 0.4) is 0 Å². The first-order valence-corrected chi connectivity index (χ1v) is 15.0. The molecule has 0 bridgehead atoms. The van der Waals surface area contributed by atoms with Crippen LogP contribution in [-0.4, -0.2) is 0 Å². The van der Waals surface area contributed by atoms with Crippen molar-refractivity contribution in [2.45, 2.75) is 110 Å². The number of unbranched alkanes of at least 4 members (excludes halogenated alkanes) is 6. The van der Waals surface area contributed by atoms with E-state index in [2.05, 4.69) is 56.0 Å². The lowest BCUT2D eigenvalue weighted by Crippen LogP contribution is -2.14. The van der Waals surface area contributed by atoms with Crippen LogP contribution in [0, 0.1) is 23.6 Å². The molecule has 1 aliphatic carbocycles. The van der Waals surface area contributed by atoms with Crippen molar-refractivity contribution in [1.29, 1.82) is 0 Å². The lowest BCUT2D eigenvalue weighted by atomic mass is 9.76. The Balaban J connectivity index is 1.36. The summed E-state index contributed by atoms with van der Waals surface area (Å²) in [6, 6.07) is 18.7. The van der Waals surface area contributed by atoms with Gasteiger partial charge in [-0.25, -0.2) is 4.39 Å². The Morgan fingerprint density at radius 1 is 0.703 bits per heavy atom. The van der Waals surface area contributed by atoms with Gasteiger partial charge in [0.1, 0.15) is 5.82 Å². The molecule has 0 aliphatic heterocycles. The van der Waals surface area contributed by atoms with Gasteiger partial charge in [0, 0.05) is 16.5 Å². The van der Waals surface area contributed by atoms with Gasteiger partial charge in [-0.05, 0) is 91.1 Å². The molecule has 3 aromatic rings. The second-order valence-electron chi connectivity index (χ2n) is 11.2. The summed E-state index contributed by atoms with van der Waals surface area (Å²) in [6.45, 7) is 4.52. The Hall–Kier alpha value is -2.59. The van der Waals surface area contributed by atoms with Crippen LogP contribution >= 0.6 is 0 Å². The lowest BCUT2D eigenvalue weighted by Gasteiger charge is -2.29. The highest BCUT2D eigenvalue weighted by Gasteiger charge is 2.24. The normalized spacial score (nSPS) is 17.5. The van der Waals surface area contributed by atoms with Gasteiger partial charge in [0.15, 0.2) is 0 Å². The Morgan fingerprint density at radius 2 is 1.38 bits per heavy atom. The third-order valence-electron chi connectivity index (χ3n) is 8.36. The highest BCUT2D eigenvalue weighted by atomic mass is 19.1. The largest absolute Gasteiger partial charge is 0.206 e. The number of hydrogen-bond acceptors (Lipinski definition) is 0. The molecule has 0 N–H and O–H groups in total. The van der Waals surface area contributed by atoms with Crippen molar-refractivity contribution in [2.75, 3.05) is 0 Å². The van der Waals surface area contributed by atoms with Crippen LogP contribution in [0.25, 0.3) is 10.8 Å². The van der Waals surface area contributed by atoms with E-state index in [1.54, 1.807) is 0 Å².